The van der Waals surface area contributed by atoms with Crippen LogP contribution < -0.4 is 5.32 Å². The summed E-state index contributed by atoms with van der Waals surface area (Å²) in [5, 5.41) is 3.43. The normalized spacial score (nSPS) is 22.6. The Kier molecular flexibility index (Phi) is 6.60. The van der Waals surface area contributed by atoms with Gasteiger partial charge in [-0.25, -0.2) is 8.42 Å². The van der Waals surface area contributed by atoms with Crippen LogP contribution in [0, 0.1) is 5.92 Å². The first-order valence-electron chi connectivity index (χ1n) is 7.09. The van der Waals surface area contributed by atoms with Gasteiger partial charge in [-0.2, -0.15) is 0 Å². The molecule has 0 aromatic heterocycles. The highest BCUT2D eigenvalue weighted by molar-refractivity contribution is 7.91. The van der Waals surface area contributed by atoms with Gasteiger partial charge in [0.1, 0.15) is 9.84 Å². The van der Waals surface area contributed by atoms with E-state index in [1.807, 2.05) is 0 Å². The second kappa shape index (κ2) is 7.46. The van der Waals surface area contributed by atoms with Crippen molar-refractivity contribution in [1.29, 1.82) is 0 Å². The Morgan fingerprint density at radius 1 is 1.39 bits per heavy atom. The van der Waals surface area contributed by atoms with Crippen molar-refractivity contribution < 1.29 is 8.42 Å². The third-order valence-electron chi connectivity index (χ3n) is 3.56. The fourth-order valence-corrected chi connectivity index (χ4v) is 3.36. The zero-order valence-electron chi connectivity index (χ0n) is 12.0. The van der Waals surface area contributed by atoms with Crippen LogP contribution in [-0.2, 0) is 9.84 Å². The molecule has 1 unspecified atom stereocenters. The highest BCUT2D eigenvalue weighted by Gasteiger charge is 2.22. The minimum atomic E-state index is -2.80. The maximum atomic E-state index is 11.5. The van der Waals surface area contributed by atoms with Crippen molar-refractivity contribution in [2.75, 3.05) is 37.7 Å². The Labute approximate surface area is 112 Å². The van der Waals surface area contributed by atoms with Crippen LogP contribution in [0.3, 0.4) is 0 Å². The van der Waals surface area contributed by atoms with E-state index in [2.05, 4.69) is 24.1 Å². The summed E-state index contributed by atoms with van der Waals surface area (Å²) in [5.74, 6) is 1.29. The Balaban J connectivity index is 2.38. The molecule has 1 aliphatic heterocycles. The third kappa shape index (κ3) is 5.67. The predicted molar refractivity (Wildman–Crippen MR) is 76.6 cm³/mol. The van der Waals surface area contributed by atoms with Crippen LogP contribution >= 0.6 is 0 Å². The van der Waals surface area contributed by atoms with Gasteiger partial charge in [-0.15, -0.1) is 0 Å². The van der Waals surface area contributed by atoms with Gasteiger partial charge in [0.15, 0.2) is 0 Å². The summed E-state index contributed by atoms with van der Waals surface area (Å²) in [6.45, 7) is 10.2. The van der Waals surface area contributed by atoms with Crippen molar-refractivity contribution in [3.63, 3.8) is 0 Å². The van der Waals surface area contributed by atoms with Crippen molar-refractivity contribution in [2.45, 2.75) is 39.7 Å². The molecule has 4 nitrogen and oxygen atoms in total. The SMILES string of the molecule is CCS(=O)(=O)CCCN1CCNCC1CC(C)C. The lowest BCUT2D eigenvalue weighted by molar-refractivity contribution is 0.142. The van der Waals surface area contributed by atoms with E-state index in [-0.39, 0.29) is 5.75 Å². The second-order valence-corrected chi connectivity index (χ2v) is 8.09. The van der Waals surface area contributed by atoms with Gasteiger partial charge in [-0.05, 0) is 25.3 Å². The molecule has 0 saturated carbocycles. The zero-order valence-corrected chi connectivity index (χ0v) is 12.8. The van der Waals surface area contributed by atoms with Gasteiger partial charge in [0.25, 0.3) is 0 Å². The Hall–Kier alpha value is -0.130. The number of hydrogen-bond acceptors (Lipinski definition) is 4. The van der Waals surface area contributed by atoms with E-state index >= 15 is 0 Å². The number of nitrogens with one attached hydrogen (secondary N) is 1. The molecule has 1 aliphatic rings. The number of hydrogen-bond donors (Lipinski definition) is 1. The van der Waals surface area contributed by atoms with Gasteiger partial charge in [-0.1, -0.05) is 20.8 Å². The fourth-order valence-electron chi connectivity index (χ4n) is 2.51. The molecule has 0 aromatic carbocycles. The highest BCUT2D eigenvalue weighted by atomic mass is 32.2. The molecule has 18 heavy (non-hydrogen) atoms. The standard InChI is InChI=1S/C13H28N2O2S/c1-4-18(16,17)9-5-7-15-8-6-14-11-13(15)10-12(2)3/h12-14H,4-11H2,1-3H3. The van der Waals surface area contributed by atoms with Crippen LogP contribution in [-0.4, -0.2) is 57.0 Å². The van der Waals surface area contributed by atoms with Gasteiger partial charge in [-0.3, -0.25) is 4.90 Å². The summed E-state index contributed by atoms with van der Waals surface area (Å²) in [7, 11) is -2.80. The van der Waals surface area contributed by atoms with Crippen LogP contribution in [0.4, 0.5) is 0 Å². The average molecular weight is 276 g/mol. The van der Waals surface area contributed by atoms with Crippen LogP contribution in [0.25, 0.3) is 0 Å². The van der Waals surface area contributed by atoms with Crippen molar-refractivity contribution in [1.82, 2.24) is 10.2 Å². The van der Waals surface area contributed by atoms with E-state index in [4.69, 9.17) is 0 Å². The third-order valence-corrected chi connectivity index (χ3v) is 5.35. The number of sulfone groups is 1. The Morgan fingerprint density at radius 2 is 2.11 bits per heavy atom. The molecule has 0 aromatic rings. The van der Waals surface area contributed by atoms with E-state index in [1.165, 1.54) is 6.42 Å². The van der Waals surface area contributed by atoms with Crippen LogP contribution in [0.1, 0.15) is 33.6 Å². The maximum absolute atomic E-state index is 11.5. The molecule has 0 spiro atoms. The molecule has 1 heterocycles. The number of piperazine rings is 1. The maximum Gasteiger partial charge on any atom is 0.150 e. The molecule has 0 aliphatic carbocycles. The molecule has 5 heteroatoms. The van der Waals surface area contributed by atoms with Gasteiger partial charge in [0.2, 0.25) is 0 Å². The van der Waals surface area contributed by atoms with Gasteiger partial charge in [0, 0.05) is 31.4 Å². The van der Waals surface area contributed by atoms with Crippen molar-refractivity contribution in [3.8, 4) is 0 Å². The first-order chi connectivity index (χ1) is 8.44. The average Bonchev–Trinajstić information content (AvgIpc) is 2.30. The molecule has 1 saturated heterocycles. The van der Waals surface area contributed by atoms with E-state index in [1.54, 1.807) is 6.92 Å². The highest BCUT2D eigenvalue weighted by Crippen LogP contribution is 2.14. The molecule has 1 atom stereocenters. The van der Waals surface area contributed by atoms with Crippen LogP contribution in [0.5, 0.6) is 0 Å². The quantitative estimate of drug-likeness (QED) is 0.757. The summed E-state index contributed by atoms with van der Waals surface area (Å²) >= 11 is 0. The van der Waals surface area contributed by atoms with Gasteiger partial charge >= 0.3 is 0 Å². The molecular weight excluding hydrogens is 248 g/mol. The summed E-state index contributed by atoms with van der Waals surface area (Å²) < 4.78 is 22.9. The van der Waals surface area contributed by atoms with E-state index in [0.29, 0.717) is 17.7 Å². The molecular formula is C13H28N2O2S. The van der Waals surface area contributed by atoms with Crippen molar-refractivity contribution >= 4 is 9.84 Å². The zero-order chi connectivity index (χ0) is 13.6. The summed E-state index contributed by atoms with van der Waals surface area (Å²) in [6.07, 6.45) is 1.96. The summed E-state index contributed by atoms with van der Waals surface area (Å²) in [4.78, 5) is 2.46. The molecule has 0 bridgehead atoms. The fraction of sp³-hybridized carbons (Fsp3) is 1.00. The summed E-state index contributed by atoms with van der Waals surface area (Å²) in [5.41, 5.74) is 0. The van der Waals surface area contributed by atoms with E-state index in [9.17, 15) is 8.42 Å². The monoisotopic (exact) mass is 276 g/mol. The first kappa shape index (κ1) is 15.9. The molecule has 108 valence electrons. The minimum Gasteiger partial charge on any atom is -0.314 e. The number of nitrogens with zero attached hydrogens (tertiary/aromatic N) is 1. The first-order valence-corrected chi connectivity index (χ1v) is 8.92. The predicted octanol–water partition coefficient (Wildman–Crippen LogP) is 1.13. The lowest BCUT2D eigenvalue weighted by atomic mass is 10.0. The Morgan fingerprint density at radius 3 is 2.72 bits per heavy atom. The number of rotatable bonds is 7. The smallest absolute Gasteiger partial charge is 0.150 e. The van der Waals surface area contributed by atoms with Gasteiger partial charge in [0.05, 0.1) is 5.75 Å². The largest absolute Gasteiger partial charge is 0.314 e. The minimum absolute atomic E-state index is 0.268. The molecule has 0 amide bonds. The molecule has 1 rings (SSSR count). The second-order valence-electron chi connectivity index (χ2n) is 5.61. The van der Waals surface area contributed by atoms with Crippen LogP contribution in [0.15, 0.2) is 0 Å². The molecule has 1 N–H and O–H groups in total. The van der Waals surface area contributed by atoms with Crippen LogP contribution in [0.2, 0.25) is 0 Å². The van der Waals surface area contributed by atoms with Crippen molar-refractivity contribution in [3.05, 3.63) is 0 Å². The molecule has 0 radical (unpaired) electrons. The molecule has 1 fully saturated rings. The lowest BCUT2D eigenvalue weighted by Crippen LogP contribution is -2.52. The van der Waals surface area contributed by atoms with E-state index < -0.39 is 9.84 Å². The lowest BCUT2D eigenvalue weighted by Gasteiger charge is -2.37. The summed E-state index contributed by atoms with van der Waals surface area (Å²) in [6, 6.07) is 0.572. The van der Waals surface area contributed by atoms with Gasteiger partial charge < -0.3 is 5.32 Å². The topological polar surface area (TPSA) is 49.4 Å². The van der Waals surface area contributed by atoms with Crippen molar-refractivity contribution in [2.24, 2.45) is 5.92 Å². The Bertz CT molecular complexity index is 328. The van der Waals surface area contributed by atoms with E-state index in [0.717, 1.165) is 32.6 Å².